The Morgan fingerprint density at radius 2 is 1.95 bits per heavy atom. The van der Waals surface area contributed by atoms with Crippen LogP contribution >= 0.6 is 0 Å². The highest BCUT2D eigenvalue weighted by Crippen LogP contribution is 2.15. The predicted molar refractivity (Wildman–Crippen MR) is 81.5 cm³/mol. The Kier molecular flexibility index (Phi) is 7.09. The largest absolute Gasteiger partial charge is 0.466 e. The molecular weight excluding hydrogens is 288 g/mol. The fourth-order valence-electron chi connectivity index (χ4n) is 2.32. The van der Waals surface area contributed by atoms with Crippen molar-refractivity contribution in [3.63, 3.8) is 0 Å². The number of aliphatic hydroxyl groups excluding tert-OH is 1. The molecule has 1 atom stereocenters. The standard InChI is InChI=1S/C15H28N2O5/c1-5-21-13(19)6-7-16-8-9-17(10-12(16)11-18)14(20)22-15(2,3)4/h12,18H,5-11H2,1-4H3/t12-/m1/s1. The van der Waals surface area contributed by atoms with Gasteiger partial charge in [0.1, 0.15) is 5.60 Å². The van der Waals surface area contributed by atoms with Crippen LogP contribution in [0.15, 0.2) is 0 Å². The highest BCUT2D eigenvalue weighted by molar-refractivity contribution is 5.69. The normalized spacial score (nSPS) is 19.9. The lowest BCUT2D eigenvalue weighted by atomic mass is 10.1. The molecule has 0 aromatic rings. The molecule has 7 heteroatoms. The van der Waals surface area contributed by atoms with Crippen LogP contribution in [0.1, 0.15) is 34.1 Å². The molecule has 0 bridgehead atoms. The van der Waals surface area contributed by atoms with Crippen LogP contribution in [0, 0.1) is 0 Å². The van der Waals surface area contributed by atoms with Crippen LogP contribution in [0.2, 0.25) is 0 Å². The molecule has 1 heterocycles. The average molecular weight is 316 g/mol. The number of piperazine rings is 1. The van der Waals surface area contributed by atoms with E-state index in [2.05, 4.69) is 0 Å². The van der Waals surface area contributed by atoms with Crippen molar-refractivity contribution < 1.29 is 24.2 Å². The van der Waals surface area contributed by atoms with Gasteiger partial charge in [-0.25, -0.2) is 4.79 Å². The van der Waals surface area contributed by atoms with Crippen molar-refractivity contribution in [1.82, 2.24) is 9.80 Å². The molecule has 128 valence electrons. The van der Waals surface area contributed by atoms with Gasteiger partial charge in [-0.2, -0.15) is 0 Å². The van der Waals surface area contributed by atoms with Crippen LogP contribution < -0.4 is 0 Å². The van der Waals surface area contributed by atoms with Gasteiger partial charge in [0.15, 0.2) is 0 Å². The summed E-state index contributed by atoms with van der Waals surface area (Å²) in [6, 6.07) is -0.185. The topological polar surface area (TPSA) is 79.3 Å². The minimum Gasteiger partial charge on any atom is -0.466 e. The lowest BCUT2D eigenvalue weighted by molar-refractivity contribution is -0.143. The first-order chi connectivity index (χ1) is 10.3. The van der Waals surface area contributed by atoms with Gasteiger partial charge in [-0.15, -0.1) is 0 Å². The first-order valence-electron chi connectivity index (χ1n) is 7.75. The summed E-state index contributed by atoms with van der Waals surface area (Å²) in [7, 11) is 0. The lowest BCUT2D eigenvalue weighted by Crippen LogP contribution is -2.57. The van der Waals surface area contributed by atoms with Gasteiger partial charge >= 0.3 is 12.1 Å². The van der Waals surface area contributed by atoms with Gasteiger partial charge in [-0.1, -0.05) is 0 Å². The molecule has 7 nitrogen and oxygen atoms in total. The van der Waals surface area contributed by atoms with Gasteiger partial charge in [0.25, 0.3) is 0 Å². The number of amides is 1. The van der Waals surface area contributed by atoms with Crippen LogP contribution in [0.5, 0.6) is 0 Å². The highest BCUT2D eigenvalue weighted by atomic mass is 16.6. The summed E-state index contributed by atoms with van der Waals surface area (Å²) in [5.74, 6) is -0.242. The van der Waals surface area contributed by atoms with E-state index < -0.39 is 5.60 Å². The monoisotopic (exact) mass is 316 g/mol. The van der Waals surface area contributed by atoms with Gasteiger partial charge in [0.2, 0.25) is 0 Å². The van der Waals surface area contributed by atoms with Gasteiger partial charge in [0, 0.05) is 26.2 Å². The molecule has 1 fully saturated rings. The second-order valence-corrected chi connectivity index (χ2v) is 6.35. The summed E-state index contributed by atoms with van der Waals surface area (Å²) in [6.07, 6.45) is -0.0764. The van der Waals surface area contributed by atoms with Crippen molar-refractivity contribution in [3.8, 4) is 0 Å². The Morgan fingerprint density at radius 1 is 1.27 bits per heavy atom. The molecular formula is C15H28N2O5. The zero-order valence-electron chi connectivity index (χ0n) is 14.0. The quantitative estimate of drug-likeness (QED) is 0.758. The second kappa shape index (κ2) is 8.33. The number of hydrogen-bond acceptors (Lipinski definition) is 6. The number of hydrogen-bond donors (Lipinski definition) is 1. The molecule has 0 spiro atoms. The van der Waals surface area contributed by atoms with Crippen molar-refractivity contribution >= 4 is 12.1 Å². The molecule has 1 N–H and O–H groups in total. The highest BCUT2D eigenvalue weighted by Gasteiger charge is 2.31. The van der Waals surface area contributed by atoms with Crippen LogP contribution in [0.25, 0.3) is 0 Å². The molecule has 1 aliphatic rings. The predicted octanol–water partition coefficient (Wildman–Crippen LogP) is 0.853. The number of nitrogens with zero attached hydrogens (tertiary/aromatic N) is 2. The van der Waals surface area contributed by atoms with Gasteiger partial charge < -0.3 is 19.5 Å². The minimum atomic E-state index is -0.535. The van der Waals surface area contributed by atoms with Crippen molar-refractivity contribution in [2.45, 2.75) is 45.8 Å². The summed E-state index contributed by atoms with van der Waals surface area (Å²) in [6.45, 7) is 9.58. The smallest absolute Gasteiger partial charge is 0.410 e. The molecule has 1 saturated heterocycles. The van der Waals surface area contributed by atoms with E-state index in [4.69, 9.17) is 9.47 Å². The third-order valence-electron chi connectivity index (χ3n) is 3.38. The van der Waals surface area contributed by atoms with Crippen molar-refractivity contribution in [1.29, 1.82) is 0 Å². The van der Waals surface area contributed by atoms with E-state index in [-0.39, 0.29) is 31.1 Å². The maximum absolute atomic E-state index is 12.1. The molecule has 0 aliphatic carbocycles. The third-order valence-corrected chi connectivity index (χ3v) is 3.38. The number of aliphatic hydroxyl groups is 1. The minimum absolute atomic E-state index is 0.0673. The van der Waals surface area contributed by atoms with E-state index in [1.54, 1.807) is 11.8 Å². The van der Waals surface area contributed by atoms with E-state index in [9.17, 15) is 14.7 Å². The molecule has 0 unspecified atom stereocenters. The lowest BCUT2D eigenvalue weighted by Gasteiger charge is -2.40. The van der Waals surface area contributed by atoms with Gasteiger partial charge in [0.05, 0.1) is 25.7 Å². The van der Waals surface area contributed by atoms with E-state index >= 15 is 0 Å². The Morgan fingerprint density at radius 3 is 2.50 bits per heavy atom. The van der Waals surface area contributed by atoms with Crippen molar-refractivity contribution in [2.75, 3.05) is 39.4 Å². The second-order valence-electron chi connectivity index (χ2n) is 6.35. The van der Waals surface area contributed by atoms with Crippen LogP contribution in [0.3, 0.4) is 0 Å². The van der Waals surface area contributed by atoms with E-state index in [0.717, 1.165) is 0 Å². The van der Waals surface area contributed by atoms with Crippen LogP contribution in [0.4, 0.5) is 4.79 Å². The number of carbonyl (C=O) groups is 2. The first-order valence-corrected chi connectivity index (χ1v) is 7.75. The zero-order chi connectivity index (χ0) is 16.8. The van der Waals surface area contributed by atoms with Gasteiger partial charge in [-0.3, -0.25) is 9.69 Å². The fraction of sp³-hybridized carbons (Fsp3) is 0.867. The Hall–Kier alpha value is -1.34. The fourth-order valence-corrected chi connectivity index (χ4v) is 2.32. The van der Waals surface area contributed by atoms with Crippen LogP contribution in [-0.4, -0.2) is 78.0 Å². The van der Waals surface area contributed by atoms with E-state index in [1.807, 2.05) is 25.7 Å². The molecule has 1 aliphatic heterocycles. The van der Waals surface area contributed by atoms with Gasteiger partial charge in [-0.05, 0) is 27.7 Å². The van der Waals surface area contributed by atoms with Crippen LogP contribution in [-0.2, 0) is 14.3 Å². The molecule has 1 rings (SSSR count). The molecule has 0 radical (unpaired) electrons. The van der Waals surface area contributed by atoms with Crippen molar-refractivity contribution in [3.05, 3.63) is 0 Å². The summed E-state index contributed by atoms with van der Waals surface area (Å²) in [5, 5.41) is 9.53. The molecule has 0 aromatic carbocycles. The van der Waals surface area contributed by atoms with Crippen molar-refractivity contribution in [2.24, 2.45) is 0 Å². The maximum atomic E-state index is 12.1. The zero-order valence-corrected chi connectivity index (χ0v) is 14.0. The Balaban J connectivity index is 2.49. The summed E-state index contributed by atoms with van der Waals surface area (Å²) >= 11 is 0. The average Bonchev–Trinajstić information content (AvgIpc) is 2.43. The number of ether oxygens (including phenoxy) is 2. The molecule has 22 heavy (non-hydrogen) atoms. The Labute approximate surface area is 132 Å². The maximum Gasteiger partial charge on any atom is 0.410 e. The summed E-state index contributed by atoms with van der Waals surface area (Å²) < 4.78 is 10.3. The van der Waals surface area contributed by atoms with E-state index in [0.29, 0.717) is 32.8 Å². The van der Waals surface area contributed by atoms with E-state index in [1.165, 1.54) is 0 Å². The molecule has 0 aromatic heterocycles. The first kappa shape index (κ1) is 18.7. The summed E-state index contributed by atoms with van der Waals surface area (Å²) in [4.78, 5) is 27.1. The number of carbonyl (C=O) groups excluding carboxylic acids is 2. The molecule has 0 saturated carbocycles. The Bertz CT molecular complexity index is 381. The SMILES string of the molecule is CCOC(=O)CCN1CCN(C(=O)OC(C)(C)C)C[C@@H]1CO. The number of rotatable bonds is 5. The molecule has 1 amide bonds. The summed E-state index contributed by atoms with van der Waals surface area (Å²) in [5.41, 5.74) is -0.535. The third kappa shape index (κ3) is 6.19. The number of esters is 1.